The van der Waals surface area contributed by atoms with Gasteiger partial charge in [-0.15, -0.1) is 0 Å². The number of hydrogen-bond acceptors (Lipinski definition) is 6. The lowest BCUT2D eigenvalue weighted by atomic mass is 9.96. The predicted molar refractivity (Wildman–Crippen MR) is 64.0 cm³/mol. The average Bonchev–Trinajstić information content (AvgIpc) is 2.52. The normalized spacial score (nSPS) is 36.4. The number of ether oxygens (including phenoxy) is 1. The van der Waals surface area contributed by atoms with E-state index in [0.29, 0.717) is 0 Å². The molecule has 5 atom stereocenters. The molecule has 0 amide bonds. The van der Waals surface area contributed by atoms with Crippen LogP contribution in [0.4, 0.5) is 10.2 Å². The van der Waals surface area contributed by atoms with Crippen LogP contribution in [0.2, 0.25) is 0 Å². The van der Waals surface area contributed by atoms with Crippen LogP contribution in [0.1, 0.15) is 20.1 Å². The molecule has 1 aromatic rings. The smallest absolute Gasteiger partial charge is 0.351 e. The van der Waals surface area contributed by atoms with Gasteiger partial charge in [-0.25, -0.2) is 9.18 Å². The second-order valence-corrected chi connectivity index (χ2v) is 4.83. The Balaban J connectivity index is 2.42. The van der Waals surface area contributed by atoms with E-state index in [4.69, 9.17) is 10.5 Å². The summed E-state index contributed by atoms with van der Waals surface area (Å²) in [5, 5.41) is 19.3. The molecule has 1 fully saturated rings. The molecule has 1 saturated heterocycles. The van der Waals surface area contributed by atoms with Gasteiger partial charge in [0.25, 0.3) is 0 Å². The van der Waals surface area contributed by atoms with E-state index in [1.54, 1.807) is 0 Å². The minimum atomic E-state index is -2.23. The molecule has 0 aliphatic carbocycles. The fourth-order valence-electron chi connectivity index (χ4n) is 2.14. The molecule has 0 saturated carbocycles. The van der Waals surface area contributed by atoms with Crippen molar-refractivity contribution in [3.63, 3.8) is 0 Å². The standard InChI is InChI=1S/C11H16FN3O4/c1-5(16)7-8(17)11(2,12)9(19-7)15-4-3-6(13)14-10(15)18/h3-5,7-9,16-17H,1-2H3,(H2,13,14,18). The number of hydrogen-bond donors (Lipinski definition) is 3. The number of nitrogen functional groups attached to an aromatic ring is 1. The van der Waals surface area contributed by atoms with Gasteiger partial charge in [-0.1, -0.05) is 0 Å². The summed E-state index contributed by atoms with van der Waals surface area (Å²) in [5.41, 5.74) is 2.33. The molecule has 8 heteroatoms. The van der Waals surface area contributed by atoms with Crippen LogP contribution in [-0.2, 0) is 4.74 Å². The zero-order chi connectivity index (χ0) is 14.4. The van der Waals surface area contributed by atoms with Gasteiger partial charge in [0.05, 0.1) is 6.10 Å². The van der Waals surface area contributed by atoms with Crippen molar-refractivity contribution in [3.05, 3.63) is 22.7 Å². The summed E-state index contributed by atoms with van der Waals surface area (Å²) in [6, 6.07) is 1.32. The zero-order valence-corrected chi connectivity index (χ0v) is 10.5. The summed E-state index contributed by atoms with van der Waals surface area (Å²) >= 11 is 0. The van der Waals surface area contributed by atoms with Crippen LogP contribution >= 0.6 is 0 Å². The highest BCUT2D eigenvalue weighted by Crippen LogP contribution is 2.41. The number of aliphatic hydroxyl groups excluding tert-OH is 2. The predicted octanol–water partition coefficient (Wildman–Crippen LogP) is -0.807. The Hall–Kier alpha value is -1.51. The minimum Gasteiger partial charge on any atom is -0.391 e. The molecule has 4 N–H and O–H groups in total. The molecule has 2 rings (SSSR count). The highest BCUT2D eigenvalue weighted by atomic mass is 19.1. The van der Waals surface area contributed by atoms with Crippen molar-refractivity contribution in [2.24, 2.45) is 0 Å². The molecule has 1 aliphatic rings. The van der Waals surface area contributed by atoms with Gasteiger partial charge in [0.1, 0.15) is 18.0 Å². The van der Waals surface area contributed by atoms with E-state index in [1.165, 1.54) is 19.2 Å². The Morgan fingerprint density at radius 2 is 2.32 bits per heavy atom. The first-order valence-electron chi connectivity index (χ1n) is 5.80. The van der Waals surface area contributed by atoms with Crippen LogP contribution in [0, 0.1) is 0 Å². The van der Waals surface area contributed by atoms with Gasteiger partial charge in [0.15, 0.2) is 11.9 Å². The van der Waals surface area contributed by atoms with Gasteiger partial charge < -0.3 is 20.7 Å². The van der Waals surface area contributed by atoms with Gasteiger partial charge in [-0.2, -0.15) is 4.98 Å². The number of halogens is 1. The van der Waals surface area contributed by atoms with Gasteiger partial charge in [-0.3, -0.25) is 4.57 Å². The first kappa shape index (κ1) is 13.9. The largest absolute Gasteiger partial charge is 0.391 e. The van der Waals surface area contributed by atoms with Crippen molar-refractivity contribution in [2.45, 2.75) is 44.1 Å². The molecular weight excluding hydrogens is 257 g/mol. The number of alkyl halides is 1. The molecule has 0 bridgehead atoms. The van der Waals surface area contributed by atoms with E-state index in [0.717, 1.165) is 11.5 Å². The Labute approximate surface area is 108 Å². The number of rotatable bonds is 2. The monoisotopic (exact) mass is 273 g/mol. The van der Waals surface area contributed by atoms with Crippen LogP contribution in [-0.4, -0.2) is 43.7 Å². The molecule has 1 aromatic heterocycles. The SMILES string of the molecule is CC(O)C1OC(n2ccc(N)nc2=O)C(C)(F)C1O. The maximum absolute atomic E-state index is 14.5. The molecular formula is C11H16FN3O4. The fourth-order valence-corrected chi connectivity index (χ4v) is 2.14. The number of anilines is 1. The van der Waals surface area contributed by atoms with E-state index < -0.39 is 35.9 Å². The average molecular weight is 273 g/mol. The maximum Gasteiger partial charge on any atom is 0.351 e. The summed E-state index contributed by atoms with van der Waals surface area (Å²) in [7, 11) is 0. The van der Waals surface area contributed by atoms with Gasteiger partial charge in [-0.05, 0) is 19.9 Å². The van der Waals surface area contributed by atoms with Crippen LogP contribution in [0.25, 0.3) is 0 Å². The lowest BCUT2D eigenvalue weighted by molar-refractivity contribution is -0.0825. The molecule has 1 aliphatic heterocycles. The molecule has 106 valence electrons. The Morgan fingerprint density at radius 1 is 1.68 bits per heavy atom. The van der Waals surface area contributed by atoms with Crippen molar-refractivity contribution in [1.82, 2.24) is 9.55 Å². The number of nitrogens with zero attached hydrogens (tertiary/aromatic N) is 2. The summed E-state index contributed by atoms with van der Waals surface area (Å²) in [4.78, 5) is 15.2. The van der Waals surface area contributed by atoms with Crippen LogP contribution in [0.5, 0.6) is 0 Å². The van der Waals surface area contributed by atoms with Gasteiger partial charge in [0, 0.05) is 6.20 Å². The van der Waals surface area contributed by atoms with Crippen molar-refractivity contribution in [2.75, 3.05) is 5.73 Å². The van der Waals surface area contributed by atoms with E-state index in [1.807, 2.05) is 0 Å². The topological polar surface area (TPSA) is 111 Å². The van der Waals surface area contributed by atoms with E-state index in [2.05, 4.69) is 4.98 Å². The Bertz CT molecular complexity index is 531. The summed E-state index contributed by atoms with van der Waals surface area (Å²) in [6.45, 7) is 2.48. The quantitative estimate of drug-likeness (QED) is 0.650. The number of aromatic nitrogens is 2. The van der Waals surface area contributed by atoms with Crippen molar-refractivity contribution < 1.29 is 19.3 Å². The lowest BCUT2D eigenvalue weighted by Gasteiger charge is -2.24. The highest BCUT2D eigenvalue weighted by molar-refractivity contribution is 5.23. The third-order valence-corrected chi connectivity index (χ3v) is 3.24. The van der Waals surface area contributed by atoms with Gasteiger partial charge >= 0.3 is 5.69 Å². The van der Waals surface area contributed by atoms with Crippen molar-refractivity contribution in [3.8, 4) is 0 Å². The van der Waals surface area contributed by atoms with Crippen LogP contribution in [0.15, 0.2) is 17.1 Å². The van der Waals surface area contributed by atoms with E-state index in [9.17, 15) is 19.4 Å². The van der Waals surface area contributed by atoms with Crippen molar-refractivity contribution in [1.29, 1.82) is 0 Å². The number of aliphatic hydroxyl groups is 2. The molecule has 2 heterocycles. The summed E-state index contributed by atoms with van der Waals surface area (Å²) in [5.74, 6) is 0.00688. The number of nitrogens with two attached hydrogens (primary N) is 1. The molecule has 19 heavy (non-hydrogen) atoms. The van der Waals surface area contributed by atoms with Crippen LogP contribution < -0.4 is 11.4 Å². The lowest BCUT2D eigenvalue weighted by Crippen LogP contribution is -2.44. The van der Waals surface area contributed by atoms with Gasteiger partial charge in [0.2, 0.25) is 0 Å². The first-order chi connectivity index (χ1) is 8.75. The highest BCUT2D eigenvalue weighted by Gasteiger charge is 2.56. The summed E-state index contributed by atoms with van der Waals surface area (Å²) in [6.07, 6.45) is -3.88. The fraction of sp³-hybridized carbons (Fsp3) is 0.636. The molecule has 5 unspecified atom stereocenters. The molecule has 0 radical (unpaired) electrons. The van der Waals surface area contributed by atoms with E-state index in [-0.39, 0.29) is 5.82 Å². The Kier molecular flexibility index (Phi) is 3.33. The Morgan fingerprint density at radius 3 is 2.79 bits per heavy atom. The van der Waals surface area contributed by atoms with E-state index >= 15 is 0 Å². The summed E-state index contributed by atoms with van der Waals surface area (Å²) < 4.78 is 20.7. The van der Waals surface area contributed by atoms with Crippen molar-refractivity contribution >= 4 is 5.82 Å². The minimum absolute atomic E-state index is 0.00688. The third kappa shape index (κ3) is 2.22. The first-order valence-corrected chi connectivity index (χ1v) is 5.80. The second-order valence-electron chi connectivity index (χ2n) is 4.83. The van der Waals surface area contributed by atoms with Crippen LogP contribution in [0.3, 0.4) is 0 Å². The third-order valence-electron chi connectivity index (χ3n) is 3.24. The molecule has 0 spiro atoms. The molecule has 0 aromatic carbocycles. The molecule has 7 nitrogen and oxygen atoms in total. The zero-order valence-electron chi connectivity index (χ0n) is 10.5. The second kappa shape index (κ2) is 4.55. The maximum atomic E-state index is 14.5.